The number of benzene rings is 3. The molecule has 3 aromatic carbocycles. The SMILES string of the molecule is Cc1ccc(N2C(=O)c3oc4cc(C)c(C)cc4c(=O)c3C2c2cccc(O)c2)cc1C. The largest absolute Gasteiger partial charge is 0.508 e. The van der Waals surface area contributed by atoms with Crippen molar-refractivity contribution in [1.29, 1.82) is 0 Å². The number of phenols is 1. The van der Waals surface area contributed by atoms with E-state index in [1.54, 1.807) is 23.1 Å². The minimum atomic E-state index is -0.700. The van der Waals surface area contributed by atoms with Crippen LogP contribution in [0, 0.1) is 27.7 Å². The number of rotatable bonds is 2. The summed E-state index contributed by atoms with van der Waals surface area (Å²) in [4.78, 5) is 28.9. The fourth-order valence-electron chi connectivity index (χ4n) is 4.38. The molecule has 160 valence electrons. The molecule has 4 aromatic rings. The van der Waals surface area contributed by atoms with Crippen LogP contribution in [0.5, 0.6) is 5.75 Å². The van der Waals surface area contributed by atoms with Gasteiger partial charge in [-0.3, -0.25) is 14.5 Å². The molecule has 0 radical (unpaired) electrons. The number of hydrogen-bond donors (Lipinski definition) is 1. The molecule has 1 aromatic heterocycles. The first-order chi connectivity index (χ1) is 15.3. The van der Waals surface area contributed by atoms with E-state index in [-0.39, 0.29) is 22.8 Å². The highest BCUT2D eigenvalue weighted by Gasteiger charge is 2.43. The minimum Gasteiger partial charge on any atom is -0.508 e. The van der Waals surface area contributed by atoms with Crippen LogP contribution in [-0.4, -0.2) is 11.0 Å². The molecule has 1 aliphatic rings. The molecule has 5 nitrogen and oxygen atoms in total. The molecule has 1 N–H and O–H groups in total. The van der Waals surface area contributed by atoms with Crippen molar-refractivity contribution in [3.05, 3.63) is 104 Å². The summed E-state index contributed by atoms with van der Waals surface area (Å²) in [6.07, 6.45) is 0. The first-order valence-corrected chi connectivity index (χ1v) is 10.5. The van der Waals surface area contributed by atoms with Gasteiger partial charge in [0.2, 0.25) is 5.76 Å². The molecule has 5 heteroatoms. The normalized spacial score (nSPS) is 15.4. The molecule has 1 amide bonds. The number of anilines is 1. The van der Waals surface area contributed by atoms with Gasteiger partial charge in [-0.1, -0.05) is 18.2 Å². The van der Waals surface area contributed by atoms with E-state index in [0.29, 0.717) is 27.8 Å². The maximum Gasteiger partial charge on any atom is 0.295 e. The average Bonchev–Trinajstić information content (AvgIpc) is 3.04. The minimum absolute atomic E-state index is 0.0531. The Morgan fingerprint density at radius 2 is 1.56 bits per heavy atom. The van der Waals surface area contributed by atoms with Gasteiger partial charge in [0, 0.05) is 5.69 Å². The molecule has 1 atom stereocenters. The van der Waals surface area contributed by atoms with Crippen molar-refractivity contribution in [2.24, 2.45) is 0 Å². The van der Waals surface area contributed by atoms with Crippen molar-refractivity contribution >= 4 is 22.6 Å². The first kappa shape index (κ1) is 20.1. The summed E-state index contributed by atoms with van der Waals surface area (Å²) >= 11 is 0. The van der Waals surface area contributed by atoms with Crippen LogP contribution in [0.1, 0.15) is 50.0 Å². The lowest BCUT2D eigenvalue weighted by molar-refractivity contribution is 0.0971. The van der Waals surface area contributed by atoms with Gasteiger partial charge in [0.1, 0.15) is 11.3 Å². The van der Waals surface area contributed by atoms with Crippen LogP contribution in [0.15, 0.2) is 63.8 Å². The zero-order valence-corrected chi connectivity index (χ0v) is 18.4. The monoisotopic (exact) mass is 425 g/mol. The topological polar surface area (TPSA) is 70.8 Å². The van der Waals surface area contributed by atoms with E-state index in [9.17, 15) is 14.7 Å². The molecule has 0 bridgehead atoms. The summed E-state index contributed by atoms with van der Waals surface area (Å²) in [5.41, 5.74) is 5.91. The summed E-state index contributed by atoms with van der Waals surface area (Å²) in [6, 6.07) is 15.4. The maximum absolute atomic E-state index is 13.7. The van der Waals surface area contributed by atoms with E-state index in [2.05, 4.69) is 0 Å². The van der Waals surface area contributed by atoms with Crippen molar-refractivity contribution < 1.29 is 14.3 Å². The third kappa shape index (κ3) is 2.93. The highest BCUT2D eigenvalue weighted by atomic mass is 16.3. The Morgan fingerprint density at radius 1 is 0.844 bits per heavy atom. The Balaban J connectivity index is 1.84. The van der Waals surface area contributed by atoms with Crippen LogP contribution in [0.4, 0.5) is 5.69 Å². The van der Waals surface area contributed by atoms with Crippen molar-refractivity contribution in [1.82, 2.24) is 0 Å². The summed E-state index contributed by atoms with van der Waals surface area (Å²) in [5, 5.41) is 10.6. The van der Waals surface area contributed by atoms with Gasteiger partial charge in [-0.2, -0.15) is 0 Å². The number of phenolic OH excluding ortho intramolecular Hbond substituents is 1. The predicted octanol–water partition coefficient (Wildman–Crippen LogP) is 5.48. The lowest BCUT2D eigenvalue weighted by atomic mass is 9.97. The molecule has 5 rings (SSSR count). The first-order valence-electron chi connectivity index (χ1n) is 10.5. The van der Waals surface area contributed by atoms with Crippen LogP contribution >= 0.6 is 0 Å². The van der Waals surface area contributed by atoms with E-state index >= 15 is 0 Å². The van der Waals surface area contributed by atoms with E-state index in [4.69, 9.17) is 4.42 Å². The third-order valence-corrected chi connectivity index (χ3v) is 6.44. The summed E-state index contributed by atoms with van der Waals surface area (Å²) in [6.45, 7) is 7.88. The zero-order valence-electron chi connectivity index (χ0n) is 18.4. The fraction of sp³-hybridized carbons (Fsp3) is 0.185. The van der Waals surface area contributed by atoms with Gasteiger partial charge in [-0.25, -0.2) is 0 Å². The molecular weight excluding hydrogens is 402 g/mol. The number of aromatic hydroxyl groups is 1. The molecule has 0 saturated heterocycles. The molecular formula is C27H23NO4. The van der Waals surface area contributed by atoms with Gasteiger partial charge >= 0.3 is 0 Å². The number of carbonyl (C=O) groups excluding carboxylic acids is 1. The number of amides is 1. The molecule has 32 heavy (non-hydrogen) atoms. The van der Waals surface area contributed by atoms with E-state index in [0.717, 1.165) is 22.3 Å². The lowest BCUT2D eigenvalue weighted by Crippen LogP contribution is -2.29. The number of hydrogen-bond acceptors (Lipinski definition) is 4. The number of fused-ring (bicyclic) bond motifs is 2. The highest BCUT2D eigenvalue weighted by Crippen LogP contribution is 2.42. The molecule has 0 aliphatic carbocycles. The predicted molar refractivity (Wildman–Crippen MR) is 125 cm³/mol. The second-order valence-electron chi connectivity index (χ2n) is 8.55. The van der Waals surface area contributed by atoms with Gasteiger partial charge in [0.15, 0.2) is 5.43 Å². The molecule has 0 saturated carbocycles. The van der Waals surface area contributed by atoms with Gasteiger partial charge < -0.3 is 9.52 Å². The van der Waals surface area contributed by atoms with Crippen molar-refractivity contribution in [2.45, 2.75) is 33.7 Å². The molecule has 0 fully saturated rings. The van der Waals surface area contributed by atoms with Crippen molar-refractivity contribution in [3.63, 3.8) is 0 Å². The fourth-order valence-corrected chi connectivity index (χ4v) is 4.38. The van der Waals surface area contributed by atoms with Crippen molar-refractivity contribution in [2.75, 3.05) is 4.90 Å². The Morgan fingerprint density at radius 3 is 2.28 bits per heavy atom. The smallest absolute Gasteiger partial charge is 0.295 e. The van der Waals surface area contributed by atoms with Gasteiger partial charge in [0.05, 0.1) is 17.0 Å². The molecule has 1 unspecified atom stereocenters. The van der Waals surface area contributed by atoms with Crippen LogP contribution < -0.4 is 10.3 Å². The van der Waals surface area contributed by atoms with Gasteiger partial charge in [-0.15, -0.1) is 0 Å². The maximum atomic E-state index is 13.7. The highest BCUT2D eigenvalue weighted by molar-refractivity contribution is 6.10. The second kappa shape index (κ2) is 7.09. The van der Waals surface area contributed by atoms with Crippen LogP contribution in [0.25, 0.3) is 11.0 Å². The van der Waals surface area contributed by atoms with Gasteiger partial charge in [0.25, 0.3) is 5.91 Å². The van der Waals surface area contributed by atoms with Gasteiger partial charge in [-0.05, 0) is 91.9 Å². The standard InChI is InChI=1S/C27H23NO4/c1-14-8-9-19(10-15(14)2)28-24(18-6-5-7-20(29)13-18)23-25(30)21-11-16(3)17(4)12-22(21)32-26(23)27(28)31/h5-13,24,29H,1-4H3. The Hall–Kier alpha value is -3.86. The number of nitrogens with zero attached hydrogens (tertiary/aromatic N) is 1. The summed E-state index contributed by atoms with van der Waals surface area (Å²) < 4.78 is 6.07. The van der Waals surface area contributed by atoms with Crippen molar-refractivity contribution in [3.8, 4) is 5.75 Å². The zero-order chi connectivity index (χ0) is 22.7. The second-order valence-corrected chi connectivity index (χ2v) is 8.55. The summed E-state index contributed by atoms with van der Waals surface area (Å²) in [7, 11) is 0. The summed E-state index contributed by atoms with van der Waals surface area (Å²) in [5.74, 6) is -0.244. The van der Waals surface area contributed by atoms with E-state index in [1.807, 2.05) is 64.1 Å². The third-order valence-electron chi connectivity index (χ3n) is 6.44. The Kier molecular flexibility index (Phi) is 4.45. The Bertz CT molecular complexity index is 1480. The molecule has 1 aliphatic heterocycles. The Labute approximate surface area is 185 Å². The van der Waals surface area contributed by atoms with Crippen LogP contribution in [0.2, 0.25) is 0 Å². The number of carbonyl (C=O) groups is 1. The van der Waals surface area contributed by atoms with Crippen LogP contribution in [0.3, 0.4) is 0 Å². The molecule has 2 heterocycles. The van der Waals surface area contributed by atoms with Crippen LogP contribution in [-0.2, 0) is 0 Å². The van der Waals surface area contributed by atoms with E-state index < -0.39 is 6.04 Å². The van der Waals surface area contributed by atoms with E-state index in [1.165, 1.54) is 0 Å². The number of aryl methyl sites for hydroxylation is 4. The average molecular weight is 425 g/mol. The molecule has 0 spiro atoms. The quantitative estimate of drug-likeness (QED) is 0.462. The lowest BCUT2D eigenvalue weighted by Gasteiger charge is -2.26.